The predicted octanol–water partition coefficient (Wildman–Crippen LogP) is 3.16. The number of hydrogen-bond donors (Lipinski definition) is 0. The summed E-state index contributed by atoms with van der Waals surface area (Å²) in [5, 5.41) is 14.3. The molecule has 0 saturated heterocycles. The molecular weight excluding hydrogens is 436 g/mol. The summed E-state index contributed by atoms with van der Waals surface area (Å²) in [6.45, 7) is 1.64. The molecule has 23 heavy (non-hydrogen) atoms. The number of non-ortho nitro benzene ring substituents is 1. The Morgan fingerprint density at radius 2 is 1.87 bits per heavy atom. The van der Waals surface area contributed by atoms with Crippen LogP contribution >= 0.6 is 31.9 Å². The van der Waals surface area contributed by atoms with E-state index in [0.717, 1.165) is 0 Å². The number of nitro benzene ring substituents is 1. The van der Waals surface area contributed by atoms with Crippen molar-refractivity contribution in [2.45, 2.75) is 16.6 Å². The number of rotatable bonds is 3. The maximum Gasteiger partial charge on any atom is 0.365 e. The molecule has 0 saturated carbocycles. The molecule has 0 aromatic heterocycles. The van der Waals surface area contributed by atoms with E-state index in [9.17, 15) is 19.7 Å². The molecular formula is C14H10Br2N2O5. The number of carbonyl (C=O) groups excluding carboxylic acids is 2. The molecule has 0 heterocycles. The first-order valence-electron chi connectivity index (χ1n) is 6.35. The zero-order valence-corrected chi connectivity index (χ0v) is 14.9. The average molecular weight is 446 g/mol. The van der Waals surface area contributed by atoms with Crippen LogP contribution in [0.3, 0.4) is 0 Å². The Bertz CT molecular complexity index is 727. The number of carbonyl (C=O) groups is 2. The highest BCUT2D eigenvalue weighted by Crippen LogP contribution is 2.26. The number of oxime groups is 1. The van der Waals surface area contributed by atoms with Crippen molar-refractivity contribution in [3.63, 3.8) is 0 Å². The number of ketones is 1. The highest BCUT2D eigenvalue weighted by Gasteiger charge is 2.33. The largest absolute Gasteiger partial charge is 0.365 e. The van der Waals surface area contributed by atoms with Gasteiger partial charge in [0.1, 0.15) is 0 Å². The number of nitrogens with zero attached hydrogens (tertiary/aromatic N) is 2. The van der Waals surface area contributed by atoms with Crippen LogP contribution in [0, 0.1) is 10.1 Å². The Hall–Kier alpha value is -1.87. The normalized spacial score (nSPS) is 22.7. The van der Waals surface area contributed by atoms with Gasteiger partial charge in [0, 0.05) is 12.1 Å². The number of halogens is 2. The summed E-state index contributed by atoms with van der Waals surface area (Å²) in [5.41, 5.74) is 0.890. The summed E-state index contributed by atoms with van der Waals surface area (Å²) >= 11 is 6.56. The van der Waals surface area contributed by atoms with Gasteiger partial charge in [0.15, 0.2) is 5.78 Å². The Morgan fingerprint density at radius 3 is 2.43 bits per heavy atom. The standard InChI is InChI=1S/C14H10Br2N2O5/c1-7-6-10(11(15)12(16)13(7)19)17-23-14(20)8-2-4-9(5-3-8)18(21)22/h2-6,11-12H,1H3. The van der Waals surface area contributed by atoms with E-state index >= 15 is 0 Å². The van der Waals surface area contributed by atoms with Gasteiger partial charge in [0.05, 0.1) is 25.9 Å². The first kappa shape index (κ1) is 17.5. The number of allylic oxidation sites excluding steroid dienone is 2. The Balaban J connectivity index is 2.14. The van der Waals surface area contributed by atoms with Gasteiger partial charge in [-0.05, 0) is 30.7 Å². The van der Waals surface area contributed by atoms with Crippen molar-refractivity contribution in [1.82, 2.24) is 0 Å². The fraction of sp³-hybridized carbons (Fsp3) is 0.214. The van der Waals surface area contributed by atoms with Gasteiger partial charge in [-0.3, -0.25) is 14.9 Å². The second-order valence-corrected chi connectivity index (χ2v) is 6.67. The van der Waals surface area contributed by atoms with Crippen LogP contribution in [0.1, 0.15) is 17.3 Å². The maximum atomic E-state index is 11.9. The minimum absolute atomic E-state index is 0.0764. The van der Waals surface area contributed by atoms with Gasteiger partial charge in [-0.1, -0.05) is 37.0 Å². The molecule has 0 amide bonds. The third kappa shape index (κ3) is 3.91. The summed E-state index contributed by atoms with van der Waals surface area (Å²) in [6.07, 6.45) is 1.53. The lowest BCUT2D eigenvalue weighted by atomic mass is 9.98. The number of Topliss-reactive ketones (excluding diaryl/α,β-unsaturated/α-hetero) is 1. The zero-order chi connectivity index (χ0) is 17.1. The minimum atomic E-state index is -0.749. The fourth-order valence-electron chi connectivity index (χ4n) is 1.82. The first-order valence-corrected chi connectivity index (χ1v) is 8.18. The molecule has 1 aliphatic rings. The Morgan fingerprint density at radius 1 is 1.26 bits per heavy atom. The lowest BCUT2D eigenvalue weighted by Gasteiger charge is -2.20. The third-order valence-electron chi connectivity index (χ3n) is 3.09. The van der Waals surface area contributed by atoms with Crippen molar-refractivity contribution in [2.75, 3.05) is 0 Å². The van der Waals surface area contributed by atoms with Crippen molar-refractivity contribution in [3.05, 3.63) is 51.6 Å². The van der Waals surface area contributed by atoms with Crippen LogP contribution in [0.15, 0.2) is 41.1 Å². The Labute approximate surface area is 147 Å². The molecule has 0 aliphatic heterocycles. The molecule has 1 aromatic rings. The molecule has 2 atom stereocenters. The highest BCUT2D eigenvalue weighted by atomic mass is 79.9. The van der Waals surface area contributed by atoms with Crippen molar-refractivity contribution < 1.29 is 19.3 Å². The van der Waals surface area contributed by atoms with E-state index in [1.807, 2.05) is 0 Å². The molecule has 9 heteroatoms. The van der Waals surface area contributed by atoms with Gasteiger partial charge >= 0.3 is 5.97 Å². The van der Waals surface area contributed by atoms with Crippen LogP contribution in [0.25, 0.3) is 0 Å². The van der Waals surface area contributed by atoms with E-state index < -0.39 is 20.5 Å². The van der Waals surface area contributed by atoms with E-state index in [2.05, 4.69) is 37.0 Å². The van der Waals surface area contributed by atoms with Gasteiger partial charge in [-0.15, -0.1) is 0 Å². The highest BCUT2D eigenvalue weighted by molar-refractivity contribution is 9.12. The first-order chi connectivity index (χ1) is 10.8. The van der Waals surface area contributed by atoms with E-state index in [1.54, 1.807) is 6.92 Å². The lowest BCUT2D eigenvalue weighted by molar-refractivity contribution is -0.384. The number of benzene rings is 1. The molecule has 7 nitrogen and oxygen atoms in total. The topological polar surface area (TPSA) is 98.9 Å². The minimum Gasteiger partial charge on any atom is -0.313 e. The van der Waals surface area contributed by atoms with Crippen molar-refractivity contribution in [1.29, 1.82) is 0 Å². The maximum absolute atomic E-state index is 11.9. The average Bonchev–Trinajstić information content (AvgIpc) is 2.54. The van der Waals surface area contributed by atoms with Crippen LogP contribution in [-0.4, -0.2) is 32.0 Å². The number of alkyl halides is 2. The van der Waals surface area contributed by atoms with Gasteiger partial charge < -0.3 is 4.84 Å². The molecule has 0 spiro atoms. The summed E-state index contributed by atoms with van der Waals surface area (Å²) in [5.74, 6) is -0.825. The molecule has 0 N–H and O–H groups in total. The van der Waals surface area contributed by atoms with Crippen LogP contribution in [0.4, 0.5) is 5.69 Å². The second kappa shape index (κ2) is 7.14. The monoisotopic (exact) mass is 444 g/mol. The zero-order valence-electron chi connectivity index (χ0n) is 11.7. The summed E-state index contributed by atoms with van der Waals surface area (Å²) in [6, 6.07) is 4.97. The van der Waals surface area contributed by atoms with Gasteiger partial charge in [-0.25, -0.2) is 4.79 Å². The van der Waals surface area contributed by atoms with Gasteiger partial charge in [0.2, 0.25) is 0 Å². The SMILES string of the molecule is CC1=CC(=NOC(=O)c2ccc([N+](=O)[O-])cc2)C(Br)C(Br)C1=O. The molecule has 1 aromatic carbocycles. The van der Waals surface area contributed by atoms with Crippen LogP contribution in [0.2, 0.25) is 0 Å². The van der Waals surface area contributed by atoms with Crippen molar-refractivity contribution in [2.24, 2.45) is 5.16 Å². The van der Waals surface area contributed by atoms with E-state index in [4.69, 9.17) is 4.84 Å². The molecule has 0 fully saturated rings. The van der Waals surface area contributed by atoms with Crippen molar-refractivity contribution >= 4 is 55.0 Å². The van der Waals surface area contributed by atoms with Gasteiger partial charge in [0.25, 0.3) is 5.69 Å². The van der Waals surface area contributed by atoms with Crippen molar-refractivity contribution in [3.8, 4) is 0 Å². The quantitative estimate of drug-likeness (QED) is 0.308. The molecule has 0 bridgehead atoms. The number of nitro groups is 1. The van der Waals surface area contributed by atoms with E-state index in [0.29, 0.717) is 11.3 Å². The summed E-state index contributed by atoms with van der Waals surface area (Å²) in [7, 11) is 0. The van der Waals surface area contributed by atoms with Crippen LogP contribution in [-0.2, 0) is 9.63 Å². The van der Waals surface area contributed by atoms with Crippen LogP contribution < -0.4 is 0 Å². The van der Waals surface area contributed by atoms with E-state index in [1.165, 1.54) is 30.3 Å². The van der Waals surface area contributed by atoms with Gasteiger partial charge in [-0.2, -0.15) is 0 Å². The molecule has 120 valence electrons. The lowest BCUT2D eigenvalue weighted by Crippen LogP contribution is -2.35. The molecule has 0 radical (unpaired) electrons. The predicted molar refractivity (Wildman–Crippen MR) is 90.1 cm³/mol. The molecule has 2 rings (SSSR count). The van der Waals surface area contributed by atoms with E-state index in [-0.39, 0.29) is 17.0 Å². The summed E-state index contributed by atoms with van der Waals surface area (Å²) in [4.78, 5) is 37.6. The third-order valence-corrected chi connectivity index (χ3v) is 5.74. The smallest absolute Gasteiger partial charge is 0.313 e. The number of hydrogen-bond acceptors (Lipinski definition) is 6. The van der Waals surface area contributed by atoms with Crippen LogP contribution in [0.5, 0.6) is 0 Å². The fourth-order valence-corrected chi connectivity index (χ4v) is 2.90. The molecule has 2 unspecified atom stereocenters. The second-order valence-electron chi connectivity index (χ2n) is 4.69. The summed E-state index contributed by atoms with van der Waals surface area (Å²) < 4.78 is 0. The molecule has 1 aliphatic carbocycles. The Kier molecular flexibility index (Phi) is 5.42.